The Balaban J connectivity index is 1.28. The fourth-order valence-corrected chi connectivity index (χ4v) is 5.13. The van der Waals surface area contributed by atoms with Crippen LogP contribution in [0.2, 0.25) is 0 Å². The van der Waals surface area contributed by atoms with Gasteiger partial charge < -0.3 is 19.1 Å². The number of hydrogen-bond donors (Lipinski definition) is 0. The zero-order valence-corrected chi connectivity index (χ0v) is 22.0. The topological polar surface area (TPSA) is 64.9 Å². The van der Waals surface area contributed by atoms with Crippen molar-refractivity contribution in [2.24, 2.45) is 0 Å². The molecule has 3 heterocycles. The van der Waals surface area contributed by atoms with E-state index in [4.69, 9.17) is 19.2 Å². The number of aromatic nitrogens is 3. The zero-order chi connectivity index (χ0) is 25.3. The fraction of sp³-hybridized carbons (Fsp3) is 0.357. The molecular weight excluding hydrogens is 486 g/mol. The van der Waals surface area contributed by atoms with Crippen LogP contribution in [0.4, 0.5) is 5.13 Å². The second-order valence-corrected chi connectivity index (χ2v) is 9.79. The Morgan fingerprint density at radius 2 is 1.84 bits per heavy atom. The van der Waals surface area contributed by atoms with Gasteiger partial charge in [-0.3, -0.25) is 4.90 Å². The standard InChI is InChI=1S/C28H33N5O3S/c1-34-27-8-3-6-24(18-27)20-32(19-23-5-2-7-26(17-23)33-10-4-9-29-33)28-30-25(22-37-28)21-36-16-13-31-11-14-35-15-12-31/h2-10,17-18,22H,11-16,19-21H2,1H3. The highest BCUT2D eigenvalue weighted by atomic mass is 32.1. The Bertz CT molecular complexity index is 1240. The van der Waals surface area contributed by atoms with E-state index in [1.807, 2.05) is 29.1 Å². The van der Waals surface area contributed by atoms with Crippen molar-refractivity contribution in [3.8, 4) is 11.4 Å². The number of nitrogens with zero attached hydrogens (tertiary/aromatic N) is 5. The second-order valence-electron chi connectivity index (χ2n) is 8.96. The molecule has 8 nitrogen and oxygen atoms in total. The van der Waals surface area contributed by atoms with E-state index in [-0.39, 0.29) is 0 Å². The Hall–Kier alpha value is -3.24. The van der Waals surface area contributed by atoms with E-state index in [0.717, 1.165) is 61.7 Å². The van der Waals surface area contributed by atoms with Crippen LogP contribution in [0.25, 0.3) is 5.69 Å². The molecule has 0 N–H and O–H groups in total. The SMILES string of the molecule is COc1cccc(CN(Cc2cccc(-n3cccn3)c2)c2nc(COCCN3CCOCC3)cs2)c1. The van der Waals surface area contributed by atoms with Crippen molar-refractivity contribution in [3.63, 3.8) is 0 Å². The largest absolute Gasteiger partial charge is 0.497 e. The maximum atomic E-state index is 5.96. The third-order valence-corrected chi connectivity index (χ3v) is 7.23. The van der Waals surface area contributed by atoms with Crippen LogP contribution < -0.4 is 9.64 Å². The molecule has 0 unspecified atom stereocenters. The van der Waals surface area contributed by atoms with Crippen LogP contribution in [0.1, 0.15) is 16.8 Å². The number of hydrogen-bond acceptors (Lipinski definition) is 8. The molecule has 1 saturated heterocycles. The average Bonchev–Trinajstić information content (AvgIpc) is 3.65. The summed E-state index contributed by atoms with van der Waals surface area (Å²) < 4.78 is 18.7. The Kier molecular flexibility index (Phi) is 8.81. The Labute approximate surface area is 222 Å². The van der Waals surface area contributed by atoms with Gasteiger partial charge in [0, 0.05) is 50.5 Å². The van der Waals surface area contributed by atoms with Gasteiger partial charge in [0.25, 0.3) is 0 Å². The van der Waals surface area contributed by atoms with Crippen LogP contribution in [0.5, 0.6) is 5.75 Å². The van der Waals surface area contributed by atoms with E-state index in [1.54, 1.807) is 24.6 Å². The molecule has 194 valence electrons. The number of methoxy groups -OCH3 is 1. The van der Waals surface area contributed by atoms with Gasteiger partial charge in [-0.2, -0.15) is 5.10 Å². The van der Waals surface area contributed by atoms with Crippen molar-refractivity contribution >= 4 is 16.5 Å². The van der Waals surface area contributed by atoms with E-state index >= 15 is 0 Å². The molecule has 0 atom stereocenters. The molecule has 0 bridgehead atoms. The van der Waals surface area contributed by atoms with Crippen LogP contribution in [-0.4, -0.2) is 66.2 Å². The molecule has 4 aromatic rings. The molecule has 1 aliphatic heterocycles. The summed E-state index contributed by atoms with van der Waals surface area (Å²) in [6, 6.07) is 18.6. The Morgan fingerprint density at radius 3 is 2.62 bits per heavy atom. The van der Waals surface area contributed by atoms with Gasteiger partial charge in [0.05, 0.1) is 44.9 Å². The number of anilines is 1. The van der Waals surface area contributed by atoms with E-state index in [9.17, 15) is 0 Å². The first-order chi connectivity index (χ1) is 18.3. The Morgan fingerprint density at radius 1 is 1.03 bits per heavy atom. The predicted octanol–water partition coefficient (Wildman–Crippen LogP) is 4.39. The van der Waals surface area contributed by atoms with Crippen molar-refractivity contribution in [1.29, 1.82) is 0 Å². The van der Waals surface area contributed by atoms with Gasteiger partial charge in [0.1, 0.15) is 5.75 Å². The molecule has 2 aromatic heterocycles. The van der Waals surface area contributed by atoms with Crippen molar-refractivity contribution in [3.05, 3.63) is 89.2 Å². The maximum Gasteiger partial charge on any atom is 0.186 e. The lowest BCUT2D eigenvalue weighted by Gasteiger charge is -2.26. The monoisotopic (exact) mass is 519 g/mol. The quantitative estimate of drug-likeness (QED) is 0.257. The van der Waals surface area contributed by atoms with Crippen LogP contribution in [0.15, 0.2) is 72.4 Å². The van der Waals surface area contributed by atoms with Crippen molar-refractivity contribution in [2.45, 2.75) is 19.7 Å². The van der Waals surface area contributed by atoms with Gasteiger partial charge in [0.15, 0.2) is 5.13 Å². The summed E-state index contributed by atoms with van der Waals surface area (Å²) >= 11 is 1.65. The minimum Gasteiger partial charge on any atom is -0.497 e. The summed E-state index contributed by atoms with van der Waals surface area (Å²) in [6.07, 6.45) is 3.75. The predicted molar refractivity (Wildman–Crippen MR) is 145 cm³/mol. The smallest absolute Gasteiger partial charge is 0.186 e. The lowest BCUT2D eigenvalue weighted by Crippen LogP contribution is -2.38. The molecule has 1 fully saturated rings. The van der Waals surface area contributed by atoms with Crippen LogP contribution in [0.3, 0.4) is 0 Å². The fourth-order valence-electron chi connectivity index (χ4n) is 4.32. The normalized spacial score (nSPS) is 14.1. The first-order valence-electron chi connectivity index (χ1n) is 12.6. The average molecular weight is 520 g/mol. The summed E-state index contributed by atoms with van der Waals surface area (Å²) in [5.41, 5.74) is 4.36. The molecule has 0 radical (unpaired) electrons. The lowest BCUT2D eigenvalue weighted by molar-refractivity contribution is 0.0177. The molecule has 2 aromatic carbocycles. The van der Waals surface area contributed by atoms with Crippen LogP contribution >= 0.6 is 11.3 Å². The number of benzene rings is 2. The highest BCUT2D eigenvalue weighted by Gasteiger charge is 2.15. The zero-order valence-electron chi connectivity index (χ0n) is 21.2. The first kappa shape index (κ1) is 25.4. The molecule has 37 heavy (non-hydrogen) atoms. The highest BCUT2D eigenvalue weighted by Crippen LogP contribution is 2.26. The molecule has 0 amide bonds. The summed E-state index contributed by atoms with van der Waals surface area (Å²) in [5, 5.41) is 7.45. The van der Waals surface area contributed by atoms with Gasteiger partial charge >= 0.3 is 0 Å². The summed E-state index contributed by atoms with van der Waals surface area (Å²) in [6.45, 7) is 7.15. The van der Waals surface area contributed by atoms with Gasteiger partial charge in [-0.15, -0.1) is 11.3 Å². The second kappa shape index (κ2) is 12.8. The molecule has 0 saturated carbocycles. The van der Waals surface area contributed by atoms with Gasteiger partial charge in [-0.25, -0.2) is 9.67 Å². The van der Waals surface area contributed by atoms with E-state index in [0.29, 0.717) is 19.8 Å². The molecule has 0 spiro atoms. The number of ether oxygens (including phenoxy) is 3. The van der Waals surface area contributed by atoms with E-state index in [2.05, 4.69) is 56.7 Å². The number of morpholine rings is 1. The van der Waals surface area contributed by atoms with Crippen molar-refractivity contribution in [1.82, 2.24) is 19.7 Å². The van der Waals surface area contributed by atoms with Gasteiger partial charge in [-0.1, -0.05) is 24.3 Å². The van der Waals surface area contributed by atoms with Crippen LogP contribution in [-0.2, 0) is 29.2 Å². The van der Waals surface area contributed by atoms with E-state index in [1.165, 1.54) is 11.1 Å². The minimum atomic E-state index is 0.516. The third kappa shape index (κ3) is 7.17. The number of rotatable bonds is 12. The van der Waals surface area contributed by atoms with Gasteiger partial charge in [-0.05, 0) is 41.5 Å². The summed E-state index contributed by atoms with van der Waals surface area (Å²) in [7, 11) is 1.70. The van der Waals surface area contributed by atoms with Crippen molar-refractivity contribution < 1.29 is 14.2 Å². The summed E-state index contributed by atoms with van der Waals surface area (Å²) in [4.78, 5) is 9.62. The number of thiazole rings is 1. The molecule has 9 heteroatoms. The minimum absolute atomic E-state index is 0.516. The lowest BCUT2D eigenvalue weighted by atomic mass is 10.1. The highest BCUT2D eigenvalue weighted by molar-refractivity contribution is 7.13. The van der Waals surface area contributed by atoms with Crippen molar-refractivity contribution in [2.75, 3.05) is 51.5 Å². The first-order valence-corrected chi connectivity index (χ1v) is 13.4. The third-order valence-electron chi connectivity index (χ3n) is 6.28. The van der Waals surface area contributed by atoms with Gasteiger partial charge in [0.2, 0.25) is 0 Å². The maximum absolute atomic E-state index is 5.96. The molecule has 5 rings (SSSR count). The molecule has 1 aliphatic rings. The molecule has 0 aliphatic carbocycles. The molecular formula is C28H33N5O3S. The summed E-state index contributed by atoms with van der Waals surface area (Å²) in [5.74, 6) is 0.853. The van der Waals surface area contributed by atoms with Crippen LogP contribution in [0, 0.1) is 0 Å². The van der Waals surface area contributed by atoms with E-state index < -0.39 is 0 Å².